The molecule has 0 aromatic heterocycles. The summed E-state index contributed by atoms with van der Waals surface area (Å²) in [5, 5.41) is 4.90. The van der Waals surface area contributed by atoms with Crippen LogP contribution >= 0.6 is 0 Å². The number of rotatable bonds is 7. The van der Waals surface area contributed by atoms with Crippen LogP contribution in [0.1, 0.15) is 78.7 Å². The number of amides is 5. The molecule has 9 heteroatoms. The molecular formula is C25H33N3O6. The van der Waals surface area contributed by atoms with Gasteiger partial charge in [-0.1, -0.05) is 39.2 Å². The lowest BCUT2D eigenvalue weighted by Crippen LogP contribution is -2.39. The highest BCUT2D eigenvalue weighted by Gasteiger charge is 2.32. The Morgan fingerprint density at radius 2 is 1.79 bits per heavy atom. The fourth-order valence-corrected chi connectivity index (χ4v) is 3.24. The first-order valence-electron chi connectivity index (χ1n) is 11.3. The average Bonchev–Trinajstić information content (AvgIpc) is 3.05. The molecule has 0 spiro atoms. The van der Waals surface area contributed by atoms with Crippen LogP contribution in [0, 0.1) is 18.8 Å². The second-order valence-electron chi connectivity index (χ2n) is 7.95. The zero-order valence-corrected chi connectivity index (χ0v) is 20.0. The van der Waals surface area contributed by atoms with Gasteiger partial charge < -0.3 is 10.1 Å². The highest BCUT2D eigenvalue weighted by atomic mass is 16.5. The third kappa shape index (κ3) is 8.35. The maximum Gasteiger partial charge on any atom is 0.407 e. The number of nitrogens with one attached hydrogen (secondary N) is 2. The highest BCUT2D eigenvalue weighted by molar-refractivity contribution is 6.21. The lowest BCUT2D eigenvalue weighted by Gasteiger charge is -2.15. The highest BCUT2D eigenvalue weighted by Crippen LogP contribution is 2.22. The summed E-state index contributed by atoms with van der Waals surface area (Å²) < 4.78 is 5.08. The topological polar surface area (TPSA) is 122 Å². The number of fused-ring (bicyclic) bond motifs is 1. The van der Waals surface area contributed by atoms with Crippen LogP contribution in [-0.4, -0.2) is 48.3 Å². The van der Waals surface area contributed by atoms with E-state index in [1.54, 1.807) is 18.2 Å². The van der Waals surface area contributed by atoms with E-state index in [-0.39, 0.29) is 36.1 Å². The van der Waals surface area contributed by atoms with Gasteiger partial charge in [-0.3, -0.25) is 29.4 Å². The molecule has 0 bridgehead atoms. The molecular weight excluding hydrogens is 438 g/mol. The number of nitrogens with zero attached hydrogens (tertiary/aromatic N) is 1. The van der Waals surface area contributed by atoms with Crippen LogP contribution in [0.15, 0.2) is 18.2 Å². The summed E-state index contributed by atoms with van der Waals surface area (Å²) in [5.41, 5.74) is 1.53. The van der Waals surface area contributed by atoms with Crippen LogP contribution in [0.3, 0.4) is 0 Å². The molecule has 2 heterocycles. The molecule has 2 N–H and O–H groups in total. The molecule has 0 unspecified atom stereocenters. The zero-order chi connectivity index (χ0) is 25.7. The minimum atomic E-state index is -0.471. The fourth-order valence-electron chi connectivity index (χ4n) is 3.24. The fraction of sp³-hybridized carbons (Fsp3) is 0.480. The van der Waals surface area contributed by atoms with Gasteiger partial charge in [0.1, 0.15) is 0 Å². The van der Waals surface area contributed by atoms with Crippen molar-refractivity contribution in [2.45, 2.75) is 58.9 Å². The van der Waals surface area contributed by atoms with Crippen LogP contribution < -0.4 is 10.6 Å². The molecule has 1 aromatic rings. The van der Waals surface area contributed by atoms with Crippen molar-refractivity contribution in [3.8, 4) is 12.8 Å². The Morgan fingerprint density at radius 3 is 2.41 bits per heavy atom. The minimum absolute atomic E-state index is 0.0164. The van der Waals surface area contributed by atoms with E-state index in [0.717, 1.165) is 36.1 Å². The van der Waals surface area contributed by atoms with Crippen LogP contribution in [0.4, 0.5) is 4.79 Å². The van der Waals surface area contributed by atoms with E-state index in [9.17, 15) is 24.0 Å². The SMILES string of the molecule is C#C.CCCCCCOC(=O)NCc1ccc2c(c1)C(=O)N(C)C2=O.C[C@@H]1CCC(=O)NC1=O. The molecule has 1 aromatic carbocycles. The summed E-state index contributed by atoms with van der Waals surface area (Å²) in [6.07, 6.45) is 12.9. The van der Waals surface area contributed by atoms with Crippen LogP contribution in [0.25, 0.3) is 0 Å². The van der Waals surface area contributed by atoms with Gasteiger partial charge in [0, 0.05) is 25.9 Å². The van der Waals surface area contributed by atoms with Gasteiger partial charge in [0.2, 0.25) is 11.8 Å². The van der Waals surface area contributed by atoms with E-state index < -0.39 is 6.09 Å². The summed E-state index contributed by atoms with van der Waals surface area (Å²) in [7, 11) is 1.46. The number of imide groups is 2. The summed E-state index contributed by atoms with van der Waals surface area (Å²) in [4.78, 5) is 57.5. The predicted molar refractivity (Wildman–Crippen MR) is 127 cm³/mol. The number of terminal acetylenes is 1. The van der Waals surface area contributed by atoms with Crippen molar-refractivity contribution in [2.75, 3.05) is 13.7 Å². The first kappa shape index (κ1) is 28.4. The number of ether oxygens (including phenoxy) is 1. The molecule has 1 saturated heterocycles. The van der Waals surface area contributed by atoms with Gasteiger partial charge in [-0.25, -0.2) is 4.79 Å². The summed E-state index contributed by atoms with van der Waals surface area (Å²) in [6, 6.07) is 4.98. The van der Waals surface area contributed by atoms with Crippen molar-refractivity contribution < 1.29 is 28.7 Å². The Kier molecular flexibility index (Phi) is 12.1. The van der Waals surface area contributed by atoms with Crippen molar-refractivity contribution in [1.29, 1.82) is 0 Å². The summed E-state index contributed by atoms with van der Waals surface area (Å²) in [6.45, 7) is 4.61. The van der Waals surface area contributed by atoms with Gasteiger partial charge in [0.05, 0.1) is 17.7 Å². The first-order valence-corrected chi connectivity index (χ1v) is 11.3. The number of hydrogen-bond donors (Lipinski definition) is 2. The Hall–Kier alpha value is -3.67. The largest absolute Gasteiger partial charge is 0.450 e. The predicted octanol–water partition coefficient (Wildman–Crippen LogP) is 3.03. The van der Waals surface area contributed by atoms with E-state index in [0.29, 0.717) is 30.6 Å². The molecule has 2 aliphatic rings. The van der Waals surface area contributed by atoms with Gasteiger partial charge in [-0.05, 0) is 30.5 Å². The first-order chi connectivity index (χ1) is 16.2. The zero-order valence-electron chi connectivity index (χ0n) is 20.0. The lowest BCUT2D eigenvalue weighted by atomic mass is 10.0. The number of hydrogen-bond acceptors (Lipinski definition) is 6. The number of piperidine rings is 1. The average molecular weight is 472 g/mol. The van der Waals surface area contributed by atoms with Crippen molar-refractivity contribution in [3.05, 3.63) is 34.9 Å². The second-order valence-corrected chi connectivity index (χ2v) is 7.95. The monoisotopic (exact) mass is 471 g/mol. The third-order valence-corrected chi connectivity index (χ3v) is 5.34. The van der Waals surface area contributed by atoms with Crippen molar-refractivity contribution in [2.24, 2.45) is 5.92 Å². The number of alkyl carbamates (subject to hydrolysis) is 1. The van der Waals surface area contributed by atoms with E-state index >= 15 is 0 Å². The molecule has 184 valence electrons. The maximum absolute atomic E-state index is 11.9. The molecule has 1 fully saturated rings. The van der Waals surface area contributed by atoms with Crippen LogP contribution in [0.5, 0.6) is 0 Å². The molecule has 0 saturated carbocycles. The van der Waals surface area contributed by atoms with Gasteiger partial charge in [0.15, 0.2) is 0 Å². The molecule has 0 radical (unpaired) electrons. The minimum Gasteiger partial charge on any atom is -0.450 e. The quantitative estimate of drug-likeness (QED) is 0.358. The van der Waals surface area contributed by atoms with E-state index in [2.05, 4.69) is 30.4 Å². The maximum atomic E-state index is 11.9. The Morgan fingerprint density at radius 1 is 1.12 bits per heavy atom. The Bertz CT molecular complexity index is 924. The van der Waals surface area contributed by atoms with Gasteiger partial charge in [-0.15, -0.1) is 12.8 Å². The summed E-state index contributed by atoms with van der Waals surface area (Å²) >= 11 is 0. The van der Waals surface area contributed by atoms with E-state index in [4.69, 9.17) is 4.74 Å². The molecule has 0 aliphatic carbocycles. The summed E-state index contributed by atoms with van der Waals surface area (Å²) in [5.74, 6) is -0.867. The van der Waals surface area contributed by atoms with Crippen molar-refractivity contribution >= 4 is 29.7 Å². The normalized spacial score (nSPS) is 16.4. The van der Waals surface area contributed by atoms with Crippen molar-refractivity contribution in [1.82, 2.24) is 15.5 Å². The standard InChI is InChI=1S/C17H22N2O4.C6H9NO2.C2H2/c1-3-4-5-6-9-23-17(22)18-11-12-7-8-13-14(10-12)16(21)19(2)15(13)20;1-4-2-3-5(8)7-6(4)9;1-2/h7-8,10H,3-6,9,11H2,1-2H3,(H,18,22);4H,2-3H2,1H3,(H,7,8,9);1-2H/t;4-;/m.1./s1. The molecule has 9 nitrogen and oxygen atoms in total. The molecule has 1 atom stereocenters. The van der Waals surface area contributed by atoms with Gasteiger partial charge in [-0.2, -0.15) is 0 Å². The van der Waals surface area contributed by atoms with E-state index in [1.165, 1.54) is 7.05 Å². The molecule has 5 amide bonds. The second kappa shape index (κ2) is 14.5. The van der Waals surface area contributed by atoms with Crippen LogP contribution in [-0.2, 0) is 20.9 Å². The number of carbonyl (C=O) groups excluding carboxylic acids is 5. The Labute approximate surface area is 200 Å². The smallest absolute Gasteiger partial charge is 0.407 e. The Balaban J connectivity index is 0.000000437. The van der Waals surface area contributed by atoms with E-state index in [1.807, 2.05) is 6.92 Å². The van der Waals surface area contributed by atoms with Crippen molar-refractivity contribution in [3.63, 3.8) is 0 Å². The lowest BCUT2D eigenvalue weighted by molar-refractivity contribution is -0.135. The number of unbranched alkanes of at least 4 members (excludes halogenated alkanes) is 3. The molecule has 34 heavy (non-hydrogen) atoms. The molecule has 3 rings (SSSR count). The molecule has 2 aliphatic heterocycles. The van der Waals surface area contributed by atoms with Gasteiger partial charge in [0.25, 0.3) is 11.8 Å². The third-order valence-electron chi connectivity index (χ3n) is 5.34. The van der Waals surface area contributed by atoms with Crippen LogP contribution in [0.2, 0.25) is 0 Å². The number of carbonyl (C=O) groups is 5. The number of benzene rings is 1. The van der Waals surface area contributed by atoms with Gasteiger partial charge >= 0.3 is 6.09 Å².